The van der Waals surface area contributed by atoms with Crippen LogP contribution in [0.15, 0.2) is 48.7 Å². The molecule has 4 N–H and O–H groups in total. The number of aromatic nitrogens is 1. The Morgan fingerprint density at radius 1 is 1.07 bits per heavy atom. The van der Waals surface area contributed by atoms with E-state index in [1.54, 1.807) is 12.1 Å². The van der Waals surface area contributed by atoms with Crippen molar-refractivity contribution in [2.75, 3.05) is 6.54 Å². The molecule has 5 heteroatoms. The smallest absolute Gasteiger partial charge is 0.157 e. The molecule has 0 atom stereocenters. The predicted octanol–water partition coefficient (Wildman–Crippen LogP) is 6.47. The van der Waals surface area contributed by atoms with E-state index in [-0.39, 0.29) is 11.5 Å². The Balaban J connectivity index is 0.000000235. The van der Waals surface area contributed by atoms with Gasteiger partial charge >= 0.3 is 0 Å². The van der Waals surface area contributed by atoms with Crippen molar-refractivity contribution in [2.45, 2.75) is 47.1 Å². The van der Waals surface area contributed by atoms with Crippen molar-refractivity contribution >= 4 is 22.5 Å². The summed E-state index contributed by atoms with van der Waals surface area (Å²) in [5.74, 6) is 0.931. The van der Waals surface area contributed by atoms with E-state index in [9.17, 15) is 0 Å². The number of rotatable bonds is 3. The van der Waals surface area contributed by atoms with Gasteiger partial charge in [-0.3, -0.25) is 0 Å². The molecule has 0 bridgehead atoms. The van der Waals surface area contributed by atoms with E-state index in [1.165, 1.54) is 35.9 Å². The maximum atomic E-state index is 8.67. The van der Waals surface area contributed by atoms with Gasteiger partial charge in [0, 0.05) is 28.7 Å². The number of fused-ring (bicyclic) bond motifs is 1. The molecular weight excluding hydrogens is 372 g/mol. The highest BCUT2D eigenvalue weighted by Gasteiger charge is 2.12. The number of nitrogens with one attached hydrogen (secondary N) is 2. The Bertz CT molecular complexity index is 792. The van der Waals surface area contributed by atoms with E-state index in [0.29, 0.717) is 0 Å². The minimum absolute atomic E-state index is 0.0764. The molecule has 1 aliphatic rings. The molecular formula is C23H33ClN2O2. The quantitative estimate of drug-likeness (QED) is 0.378. The van der Waals surface area contributed by atoms with Crippen molar-refractivity contribution in [1.29, 1.82) is 0 Å². The van der Waals surface area contributed by atoms with Crippen LogP contribution in [0, 0.1) is 5.92 Å². The van der Waals surface area contributed by atoms with Gasteiger partial charge in [-0.2, -0.15) is 0 Å². The number of aromatic amines is 1. The van der Waals surface area contributed by atoms with Crippen molar-refractivity contribution in [3.8, 4) is 11.5 Å². The largest absolute Gasteiger partial charge is 0.504 e. The van der Waals surface area contributed by atoms with Crippen LogP contribution < -0.4 is 5.32 Å². The zero-order valence-corrected chi connectivity index (χ0v) is 18.1. The summed E-state index contributed by atoms with van der Waals surface area (Å²) in [7, 11) is 0. The van der Waals surface area contributed by atoms with E-state index in [0.717, 1.165) is 29.5 Å². The standard InChI is InChI=1S/C11H13ClN2.C6H6O2.C4H8.C2H6/c1-2-13-6-8-7-14-11-4-3-9(12)5-10(8)11;7-5-3-1-2-4-6(5)8;1-4-2-3-4;1-2/h3-5,7,13-14H,2,6H2,1H3;1-4,7-8H;4H,2-3H2,1H3;1-2H3. The summed E-state index contributed by atoms with van der Waals surface area (Å²) in [6.07, 6.45) is 5.00. The molecule has 28 heavy (non-hydrogen) atoms. The Hall–Kier alpha value is -2.17. The summed E-state index contributed by atoms with van der Waals surface area (Å²) >= 11 is 5.95. The summed E-state index contributed by atoms with van der Waals surface area (Å²) in [5, 5.41) is 22.6. The van der Waals surface area contributed by atoms with Crippen LogP contribution in [0.2, 0.25) is 5.02 Å². The number of hydrogen-bond donors (Lipinski definition) is 4. The van der Waals surface area contributed by atoms with Crippen LogP contribution in [0.1, 0.15) is 46.1 Å². The van der Waals surface area contributed by atoms with Crippen LogP contribution in [0.3, 0.4) is 0 Å². The Kier molecular flexibility index (Phi) is 11.2. The van der Waals surface area contributed by atoms with Gasteiger partial charge in [-0.05, 0) is 48.4 Å². The molecule has 0 aliphatic heterocycles. The third-order valence-corrected chi connectivity index (χ3v) is 4.28. The molecule has 0 radical (unpaired) electrons. The Morgan fingerprint density at radius 2 is 1.64 bits per heavy atom. The van der Waals surface area contributed by atoms with Gasteiger partial charge in [0.1, 0.15) is 0 Å². The molecule has 2 aromatic carbocycles. The highest BCUT2D eigenvalue weighted by Crippen LogP contribution is 2.26. The van der Waals surface area contributed by atoms with Crippen LogP contribution in [0.25, 0.3) is 10.9 Å². The van der Waals surface area contributed by atoms with Gasteiger partial charge in [0.2, 0.25) is 0 Å². The van der Waals surface area contributed by atoms with Crippen molar-refractivity contribution in [1.82, 2.24) is 10.3 Å². The van der Waals surface area contributed by atoms with Gasteiger partial charge in [0.15, 0.2) is 11.5 Å². The van der Waals surface area contributed by atoms with E-state index in [4.69, 9.17) is 21.8 Å². The van der Waals surface area contributed by atoms with E-state index in [2.05, 4.69) is 24.1 Å². The second kappa shape index (κ2) is 13.1. The normalized spacial score (nSPS) is 12.0. The first-order valence-corrected chi connectivity index (χ1v) is 10.3. The molecule has 0 saturated heterocycles. The van der Waals surface area contributed by atoms with Crippen molar-refractivity contribution in [2.24, 2.45) is 5.92 Å². The molecule has 0 spiro atoms. The van der Waals surface area contributed by atoms with Crippen LogP contribution in [0.4, 0.5) is 0 Å². The van der Waals surface area contributed by atoms with Crippen molar-refractivity contribution < 1.29 is 10.2 Å². The summed E-state index contributed by atoms with van der Waals surface area (Å²) in [6.45, 7) is 10.2. The molecule has 0 amide bonds. The average molecular weight is 405 g/mol. The van der Waals surface area contributed by atoms with Crippen LogP contribution in [-0.2, 0) is 6.54 Å². The van der Waals surface area contributed by atoms with Gasteiger partial charge in [-0.25, -0.2) is 0 Å². The molecule has 1 saturated carbocycles. The lowest BCUT2D eigenvalue weighted by atomic mass is 10.2. The molecule has 154 valence electrons. The lowest BCUT2D eigenvalue weighted by molar-refractivity contribution is 0.404. The average Bonchev–Trinajstić information content (AvgIpc) is 3.39. The molecule has 0 unspecified atom stereocenters. The number of phenols is 2. The van der Waals surface area contributed by atoms with Crippen LogP contribution >= 0.6 is 11.6 Å². The van der Waals surface area contributed by atoms with Gasteiger partial charge in [-0.15, -0.1) is 0 Å². The first kappa shape index (κ1) is 23.9. The van der Waals surface area contributed by atoms with Crippen molar-refractivity contribution in [3.63, 3.8) is 0 Å². The zero-order chi connectivity index (χ0) is 20.9. The second-order valence-electron chi connectivity index (χ2n) is 6.46. The number of H-pyrrole nitrogens is 1. The summed E-state index contributed by atoms with van der Waals surface area (Å²) in [5.41, 5.74) is 2.41. The fourth-order valence-electron chi connectivity index (χ4n) is 2.19. The number of hydrogen-bond acceptors (Lipinski definition) is 3. The molecule has 1 aromatic heterocycles. The second-order valence-corrected chi connectivity index (χ2v) is 6.89. The monoisotopic (exact) mass is 404 g/mol. The molecule has 1 heterocycles. The fourth-order valence-corrected chi connectivity index (χ4v) is 2.36. The molecule has 3 aromatic rings. The molecule has 1 aliphatic carbocycles. The third kappa shape index (κ3) is 8.68. The van der Waals surface area contributed by atoms with Crippen LogP contribution in [-0.4, -0.2) is 21.7 Å². The third-order valence-electron chi connectivity index (χ3n) is 4.04. The lowest BCUT2D eigenvalue weighted by Crippen LogP contribution is -2.11. The lowest BCUT2D eigenvalue weighted by Gasteiger charge is -1.99. The van der Waals surface area contributed by atoms with Gasteiger partial charge in [0.05, 0.1) is 0 Å². The van der Waals surface area contributed by atoms with E-state index < -0.39 is 0 Å². The maximum absolute atomic E-state index is 8.67. The molecule has 1 fully saturated rings. The van der Waals surface area contributed by atoms with Gasteiger partial charge < -0.3 is 20.5 Å². The predicted molar refractivity (Wildman–Crippen MR) is 120 cm³/mol. The molecule has 4 rings (SSSR count). The minimum Gasteiger partial charge on any atom is -0.504 e. The topological polar surface area (TPSA) is 68.3 Å². The summed E-state index contributed by atoms with van der Waals surface area (Å²) in [4.78, 5) is 3.23. The van der Waals surface area contributed by atoms with Crippen molar-refractivity contribution in [3.05, 3.63) is 59.2 Å². The molecule has 4 nitrogen and oxygen atoms in total. The van der Waals surface area contributed by atoms with Crippen LogP contribution in [0.5, 0.6) is 11.5 Å². The van der Waals surface area contributed by atoms with Gasteiger partial charge in [-0.1, -0.05) is 64.3 Å². The highest BCUT2D eigenvalue weighted by molar-refractivity contribution is 6.31. The summed E-state index contributed by atoms with van der Waals surface area (Å²) < 4.78 is 0. The van der Waals surface area contributed by atoms with E-state index in [1.807, 2.05) is 38.2 Å². The maximum Gasteiger partial charge on any atom is 0.157 e. The fraction of sp³-hybridized carbons (Fsp3) is 0.391. The Morgan fingerprint density at radius 3 is 2.11 bits per heavy atom. The van der Waals surface area contributed by atoms with Gasteiger partial charge in [0.25, 0.3) is 0 Å². The first-order chi connectivity index (χ1) is 13.5. The number of halogens is 1. The number of para-hydroxylation sites is 2. The SMILES string of the molecule is CC.CC1CC1.CCNCc1c[nH]c2ccc(Cl)cc12.Oc1ccccc1O. The highest BCUT2D eigenvalue weighted by atomic mass is 35.5. The van der Waals surface area contributed by atoms with E-state index >= 15 is 0 Å². The first-order valence-electron chi connectivity index (χ1n) is 9.94. The summed E-state index contributed by atoms with van der Waals surface area (Å²) in [6, 6.07) is 12.1. The Labute approximate surface area is 173 Å². The minimum atomic E-state index is -0.0764. The zero-order valence-electron chi connectivity index (χ0n) is 17.3. The number of aromatic hydroxyl groups is 2. The number of benzene rings is 2. The number of phenolic OH excluding ortho intramolecular Hbond substituents is 2.